The first-order valence-corrected chi connectivity index (χ1v) is 12.0. The molecule has 0 radical (unpaired) electrons. The van der Waals surface area contributed by atoms with Gasteiger partial charge in [0.2, 0.25) is 15.9 Å². The number of carbonyl (C=O) groups is 1. The lowest BCUT2D eigenvalue weighted by Crippen LogP contribution is -2.54. The van der Waals surface area contributed by atoms with Crippen LogP contribution in [0.1, 0.15) is 39.2 Å². The quantitative estimate of drug-likeness (QED) is 0.660. The largest absolute Gasteiger partial charge is 0.574 e. The third-order valence-corrected chi connectivity index (χ3v) is 6.69. The van der Waals surface area contributed by atoms with Crippen LogP contribution in [0.3, 0.4) is 0 Å². The number of pyridine rings is 1. The van der Waals surface area contributed by atoms with Crippen LogP contribution in [0.25, 0.3) is 0 Å². The van der Waals surface area contributed by atoms with E-state index in [0.717, 1.165) is 18.3 Å². The number of amides is 1. The fourth-order valence-corrected chi connectivity index (χ4v) is 5.02. The Kier molecular flexibility index (Phi) is 7.13. The van der Waals surface area contributed by atoms with Crippen molar-refractivity contribution < 1.29 is 35.9 Å². The lowest BCUT2D eigenvalue weighted by molar-refractivity contribution is -0.276. The number of piperidine rings is 1. The number of benzene rings is 1. The molecule has 12 heteroatoms. The van der Waals surface area contributed by atoms with Gasteiger partial charge in [0.1, 0.15) is 10.5 Å². The minimum atomic E-state index is -4.94. The Bertz CT molecular complexity index is 1090. The van der Waals surface area contributed by atoms with Gasteiger partial charge in [0.15, 0.2) is 0 Å². The maximum Gasteiger partial charge on any atom is 0.574 e. The maximum atomic E-state index is 13.2. The molecule has 0 bridgehead atoms. The van der Waals surface area contributed by atoms with Crippen LogP contribution in [-0.2, 0) is 20.3 Å². The van der Waals surface area contributed by atoms with Crippen molar-refractivity contribution in [2.75, 3.05) is 13.1 Å². The summed E-state index contributed by atoms with van der Waals surface area (Å²) >= 11 is 0. The van der Waals surface area contributed by atoms with E-state index in [1.807, 2.05) is 0 Å². The van der Waals surface area contributed by atoms with Gasteiger partial charge in [-0.05, 0) is 45.2 Å². The van der Waals surface area contributed by atoms with E-state index in [2.05, 4.69) is 14.4 Å². The summed E-state index contributed by atoms with van der Waals surface area (Å²) in [5.41, 5.74) is -1.01. The predicted molar refractivity (Wildman–Crippen MR) is 116 cm³/mol. The number of likely N-dealkylation sites (tertiary alicyclic amines) is 1. The van der Waals surface area contributed by atoms with Crippen LogP contribution in [0.5, 0.6) is 5.88 Å². The second-order valence-corrected chi connectivity index (χ2v) is 10.6. The van der Waals surface area contributed by atoms with Crippen molar-refractivity contribution in [1.82, 2.24) is 14.6 Å². The zero-order valence-corrected chi connectivity index (χ0v) is 19.7. The molecule has 1 N–H and O–H groups in total. The van der Waals surface area contributed by atoms with Gasteiger partial charge in [-0.15, -0.1) is 13.2 Å². The Balaban J connectivity index is 1.83. The molecule has 0 atom stereocenters. The molecule has 1 fully saturated rings. The van der Waals surface area contributed by atoms with Crippen LogP contribution in [0.15, 0.2) is 53.6 Å². The Morgan fingerprint density at radius 1 is 1.06 bits per heavy atom. The molecule has 1 aliphatic rings. The van der Waals surface area contributed by atoms with Gasteiger partial charge in [-0.1, -0.05) is 30.3 Å². The maximum absolute atomic E-state index is 13.2. The molecule has 0 spiro atoms. The lowest BCUT2D eigenvalue weighted by Gasteiger charge is -2.42. The zero-order valence-electron chi connectivity index (χ0n) is 18.9. The van der Waals surface area contributed by atoms with Gasteiger partial charge in [-0.2, -0.15) is 0 Å². The van der Waals surface area contributed by atoms with Crippen molar-refractivity contribution in [3.05, 3.63) is 54.2 Å². The van der Waals surface area contributed by atoms with Crippen LogP contribution < -0.4 is 9.46 Å². The monoisotopic (exact) mass is 501 g/mol. The van der Waals surface area contributed by atoms with Gasteiger partial charge in [0.25, 0.3) is 0 Å². The second-order valence-electron chi connectivity index (χ2n) is 8.90. The summed E-state index contributed by atoms with van der Waals surface area (Å²) in [4.78, 5) is 17.1. The number of nitrogens with zero attached hydrogens (tertiary/aromatic N) is 2. The molecule has 2 heterocycles. The van der Waals surface area contributed by atoms with E-state index >= 15 is 0 Å². The fourth-order valence-electron chi connectivity index (χ4n) is 3.63. The molecule has 0 saturated carbocycles. The smallest absolute Gasteiger partial charge is 0.444 e. The van der Waals surface area contributed by atoms with Crippen molar-refractivity contribution in [1.29, 1.82) is 0 Å². The summed E-state index contributed by atoms with van der Waals surface area (Å²) < 4.78 is 75.3. The molecule has 1 amide bonds. The number of hydrogen-bond donors (Lipinski definition) is 1. The number of aromatic nitrogens is 1. The van der Waals surface area contributed by atoms with Crippen LogP contribution in [0, 0.1) is 0 Å². The van der Waals surface area contributed by atoms with Crippen molar-refractivity contribution in [3.63, 3.8) is 0 Å². The molecule has 1 aliphatic heterocycles. The number of sulfonamides is 1. The number of rotatable bonds is 5. The molecular formula is C22H26F3N3O5S. The fraction of sp³-hybridized carbons (Fsp3) is 0.455. The average molecular weight is 502 g/mol. The van der Waals surface area contributed by atoms with Gasteiger partial charge in [0, 0.05) is 19.2 Å². The molecule has 8 nitrogen and oxygen atoms in total. The molecular weight excluding hydrogens is 475 g/mol. The second kappa shape index (κ2) is 9.41. The van der Waals surface area contributed by atoms with Gasteiger partial charge >= 0.3 is 12.5 Å². The highest BCUT2D eigenvalue weighted by Gasteiger charge is 2.42. The molecule has 34 heavy (non-hydrogen) atoms. The Morgan fingerprint density at radius 3 is 2.18 bits per heavy atom. The summed E-state index contributed by atoms with van der Waals surface area (Å²) in [6.45, 7) is 5.76. The van der Waals surface area contributed by atoms with Gasteiger partial charge < -0.3 is 14.4 Å². The first kappa shape index (κ1) is 25.8. The SMILES string of the molecule is CC(C)(C)OC(=O)N1CCC(NS(=O)(=O)c2ccc(OC(F)(F)F)nc2)(c2ccccc2)CC1. The third-order valence-electron chi connectivity index (χ3n) is 5.16. The number of alkyl halides is 3. The molecule has 186 valence electrons. The van der Waals surface area contributed by atoms with E-state index in [1.165, 1.54) is 4.90 Å². The van der Waals surface area contributed by atoms with E-state index in [1.54, 1.807) is 51.1 Å². The first-order chi connectivity index (χ1) is 15.7. The third kappa shape index (κ3) is 6.60. The number of hydrogen-bond acceptors (Lipinski definition) is 6. The minimum absolute atomic E-state index is 0.239. The number of carbonyl (C=O) groups excluding carboxylic acids is 1. The minimum Gasteiger partial charge on any atom is -0.444 e. The highest BCUT2D eigenvalue weighted by Crippen LogP contribution is 2.35. The molecule has 1 aromatic carbocycles. The van der Waals surface area contributed by atoms with E-state index < -0.39 is 39.5 Å². The van der Waals surface area contributed by atoms with Crippen molar-refractivity contribution >= 4 is 16.1 Å². The summed E-state index contributed by atoms with van der Waals surface area (Å²) in [6, 6.07) is 10.7. The van der Waals surface area contributed by atoms with Crippen LogP contribution in [0.2, 0.25) is 0 Å². The zero-order chi connectivity index (χ0) is 25.2. The summed E-state index contributed by atoms with van der Waals surface area (Å²) in [6.07, 6.45) is -4.10. The Morgan fingerprint density at radius 2 is 1.68 bits per heavy atom. The van der Waals surface area contributed by atoms with Crippen molar-refractivity contribution in [2.24, 2.45) is 0 Å². The molecule has 3 rings (SSSR count). The van der Waals surface area contributed by atoms with E-state index in [9.17, 15) is 26.4 Å². The Labute approximate surface area is 196 Å². The number of halogens is 3. The molecule has 0 unspecified atom stereocenters. The van der Waals surface area contributed by atoms with Crippen molar-refractivity contribution in [3.8, 4) is 5.88 Å². The van der Waals surface area contributed by atoms with Gasteiger partial charge in [-0.3, -0.25) is 0 Å². The summed E-state index contributed by atoms with van der Waals surface area (Å²) in [5, 5.41) is 0. The number of nitrogens with one attached hydrogen (secondary N) is 1. The lowest BCUT2D eigenvalue weighted by atomic mass is 9.82. The van der Waals surface area contributed by atoms with Gasteiger partial charge in [-0.25, -0.2) is 22.9 Å². The molecule has 1 saturated heterocycles. The van der Waals surface area contributed by atoms with Crippen LogP contribution in [-0.4, -0.2) is 49.4 Å². The van der Waals surface area contributed by atoms with Gasteiger partial charge in [0.05, 0.1) is 11.7 Å². The highest BCUT2D eigenvalue weighted by atomic mass is 32.2. The molecule has 0 aliphatic carbocycles. The van der Waals surface area contributed by atoms with E-state index in [4.69, 9.17) is 4.74 Å². The molecule has 2 aromatic rings. The average Bonchev–Trinajstić information content (AvgIpc) is 2.72. The topological polar surface area (TPSA) is 97.8 Å². The Hall–Kier alpha value is -2.86. The predicted octanol–water partition coefficient (Wildman–Crippen LogP) is 4.18. The van der Waals surface area contributed by atoms with Crippen LogP contribution in [0.4, 0.5) is 18.0 Å². The van der Waals surface area contributed by atoms with E-state index in [-0.39, 0.29) is 30.8 Å². The highest BCUT2D eigenvalue weighted by molar-refractivity contribution is 7.89. The standard InChI is InChI=1S/C22H26F3N3O5S/c1-20(2,3)33-19(29)28-13-11-21(12-14-28,16-7-5-4-6-8-16)27-34(30,31)17-9-10-18(26-15-17)32-22(23,24)25/h4-10,15,27H,11-14H2,1-3H3. The number of ether oxygens (including phenoxy) is 2. The summed E-state index contributed by atoms with van der Waals surface area (Å²) in [5.74, 6) is -0.769. The van der Waals surface area contributed by atoms with Crippen molar-refractivity contribution in [2.45, 2.75) is 56.0 Å². The molecule has 1 aromatic heterocycles. The first-order valence-electron chi connectivity index (χ1n) is 10.5. The normalized spacial score (nSPS) is 16.7. The van der Waals surface area contributed by atoms with E-state index in [0.29, 0.717) is 5.56 Å². The summed E-state index contributed by atoms with van der Waals surface area (Å²) in [7, 11) is -4.18. The van der Waals surface area contributed by atoms with Crippen LogP contribution >= 0.6 is 0 Å².